The van der Waals surface area contributed by atoms with Gasteiger partial charge in [-0.05, 0) is 44.2 Å². The Hall–Kier alpha value is -2.40. The summed E-state index contributed by atoms with van der Waals surface area (Å²) in [7, 11) is 0. The quantitative estimate of drug-likeness (QED) is 0.801. The molecule has 3 aromatic rings. The molecule has 0 unspecified atom stereocenters. The third-order valence-corrected chi connectivity index (χ3v) is 3.33. The largest absolute Gasteiger partial charge is 0.328 e. The maximum atomic E-state index is 12.1. The van der Waals surface area contributed by atoms with Gasteiger partial charge in [-0.1, -0.05) is 0 Å². The molecule has 22 heavy (non-hydrogen) atoms. The van der Waals surface area contributed by atoms with Crippen LogP contribution in [0.2, 0.25) is 0 Å². The van der Waals surface area contributed by atoms with E-state index in [4.69, 9.17) is 0 Å². The van der Waals surface area contributed by atoms with E-state index in [-0.39, 0.29) is 18.3 Å². The van der Waals surface area contributed by atoms with E-state index in [1.54, 1.807) is 24.5 Å². The summed E-state index contributed by atoms with van der Waals surface area (Å²) in [5.41, 5.74) is 3.25. The Morgan fingerprint density at radius 1 is 1.18 bits per heavy atom. The number of carbonyl (C=O) groups is 1. The smallest absolute Gasteiger partial charge is 0.255 e. The second kappa shape index (κ2) is 6.58. The number of pyridine rings is 1. The first-order chi connectivity index (χ1) is 10.1. The van der Waals surface area contributed by atoms with E-state index >= 15 is 0 Å². The van der Waals surface area contributed by atoms with Crippen LogP contribution < -0.4 is 5.32 Å². The minimum Gasteiger partial charge on any atom is -0.328 e. The highest BCUT2D eigenvalue weighted by atomic mass is 35.5. The second-order valence-corrected chi connectivity index (χ2v) is 5.14. The van der Waals surface area contributed by atoms with Gasteiger partial charge in [0.25, 0.3) is 5.91 Å². The molecule has 0 aliphatic heterocycles. The SMILES string of the molecule is CC(C)n1cnc2cc(NC(=O)c3ccncc3)ccc21.Cl. The number of carbonyl (C=O) groups excluding carboxylic acids is 1. The molecule has 0 spiro atoms. The average molecular weight is 317 g/mol. The second-order valence-electron chi connectivity index (χ2n) is 5.14. The minimum absolute atomic E-state index is 0. The van der Waals surface area contributed by atoms with Crippen LogP contribution in [0.5, 0.6) is 0 Å². The Kier molecular flexibility index (Phi) is 4.78. The van der Waals surface area contributed by atoms with Crippen molar-refractivity contribution >= 4 is 35.0 Å². The topological polar surface area (TPSA) is 59.8 Å². The van der Waals surface area contributed by atoms with Crippen molar-refractivity contribution in [1.29, 1.82) is 0 Å². The highest BCUT2D eigenvalue weighted by Gasteiger charge is 2.09. The van der Waals surface area contributed by atoms with E-state index in [1.807, 2.05) is 24.5 Å². The number of imidazole rings is 1. The molecule has 0 saturated heterocycles. The Morgan fingerprint density at radius 2 is 1.91 bits per heavy atom. The molecule has 2 aromatic heterocycles. The summed E-state index contributed by atoms with van der Waals surface area (Å²) in [4.78, 5) is 20.4. The third-order valence-electron chi connectivity index (χ3n) is 3.33. The van der Waals surface area contributed by atoms with Crippen LogP contribution in [0.25, 0.3) is 11.0 Å². The van der Waals surface area contributed by atoms with Gasteiger partial charge in [-0.25, -0.2) is 4.98 Å². The zero-order valence-corrected chi connectivity index (χ0v) is 13.2. The fourth-order valence-electron chi connectivity index (χ4n) is 2.23. The van der Waals surface area contributed by atoms with Gasteiger partial charge in [0, 0.05) is 29.7 Å². The Labute approximate surface area is 134 Å². The van der Waals surface area contributed by atoms with E-state index in [9.17, 15) is 4.79 Å². The predicted octanol–water partition coefficient (Wildman–Crippen LogP) is 3.69. The van der Waals surface area contributed by atoms with Crippen LogP contribution in [0.3, 0.4) is 0 Å². The number of nitrogens with one attached hydrogen (secondary N) is 1. The molecule has 3 rings (SSSR count). The van der Waals surface area contributed by atoms with Crippen molar-refractivity contribution in [2.75, 3.05) is 5.32 Å². The van der Waals surface area contributed by atoms with Gasteiger partial charge >= 0.3 is 0 Å². The molecular weight excluding hydrogens is 300 g/mol. The lowest BCUT2D eigenvalue weighted by atomic mass is 10.2. The molecule has 0 atom stereocenters. The number of aromatic nitrogens is 3. The molecular formula is C16H17ClN4O. The predicted molar refractivity (Wildman–Crippen MR) is 89.6 cm³/mol. The van der Waals surface area contributed by atoms with Gasteiger partial charge in [0.15, 0.2) is 0 Å². The molecule has 114 valence electrons. The molecule has 0 saturated carbocycles. The summed E-state index contributed by atoms with van der Waals surface area (Å²) < 4.78 is 2.10. The number of anilines is 1. The van der Waals surface area contributed by atoms with Gasteiger partial charge in [0.05, 0.1) is 17.4 Å². The number of hydrogen-bond donors (Lipinski definition) is 1. The molecule has 0 bridgehead atoms. The summed E-state index contributed by atoms with van der Waals surface area (Å²) in [5, 5.41) is 2.87. The number of nitrogens with zero attached hydrogens (tertiary/aromatic N) is 3. The summed E-state index contributed by atoms with van der Waals surface area (Å²) in [6.07, 6.45) is 5.02. The van der Waals surface area contributed by atoms with E-state index in [2.05, 4.69) is 33.7 Å². The average Bonchev–Trinajstić information content (AvgIpc) is 2.91. The highest BCUT2D eigenvalue weighted by Crippen LogP contribution is 2.21. The van der Waals surface area contributed by atoms with Gasteiger partial charge in [-0.15, -0.1) is 12.4 Å². The third kappa shape index (κ3) is 3.09. The van der Waals surface area contributed by atoms with E-state index < -0.39 is 0 Å². The number of benzene rings is 1. The van der Waals surface area contributed by atoms with Gasteiger partial charge < -0.3 is 9.88 Å². The van der Waals surface area contributed by atoms with Crippen molar-refractivity contribution in [3.8, 4) is 0 Å². The van der Waals surface area contributed by atoms with Gasteiger partial charge in [0.1, 0.15) is 0 Å². The molecule has 0 aliphatic carbocycles. The Morgan fingerprint density at radius 3 is 2.59 bits per heavy atom. The molecule has 1 amide bonds. The first kappa shape index (κ1) is 16.0. The van der Waals surface area contributed by atoms with Crippen LogP contribution in [0, 0.1) is 0 Å². The minimum atomic E-state index is -0.153. The van der Waals surface area contributed by atoms with E-state index in [0.29, 0.717) is 11.6 Å². The fraction of sp³-hybridized carbons (Fsp3) is 0.188. The standard InChI is InChI=1S/C16H16N4O.ClH/c1-11(2)20-10-18-14-9-13(3-4-15(14)20)19-16(21)12-5-7-17-8-6-12;/h3-11H,1-2H3,(H,19,21);1H. The molecule has 2 heterocycles. The Bertz CT molecular complexity index is 783. The molecule has 0 aliphatic rings. The molecule has 1 aromatic carbocycles. The lowest BCUT2D eigenvalue weighted by Crippen LogP contribution is -2.11. The Balaban J connectivity index is 0.00000176. The maximum Gasteiger partial charge on any atom is 0.255 e. The highest BCUT2D eigenvalue weighted by molar-refractivity contribution is 6.04. The monoisotopic (exact) mass is 316 g/mol. The zero-order valence-electron chi connectivity index (χ0n) is 12.4. The number of fused-ring (bicyclic) bond motifs is 1. The van der Waals surface area contributed by atoms with Crippen LogP contribution in [0.15, 0.2) is 49.1 Å². The first-order valence-corrected chi connectivity index (χ1v) is 6.83. The summed E-state index contributed by atoms with van der Waals surface area (Å²) in [5.74, 6) is -0.153. The summed E-state index contributed by atoms with van der Waals surface area (Å²) in [6, 6.07) is 9.47. The number of halogens is 1. The lowest BCUT2D eigenvalue weighted by Gasteiger charge is -2.09. The van der Waals surface area contributed by atoms with Crippen molar-refractivity contribution in [1.82, 2.24) is 14.5 Å². The van der Waals surface area contributed by atoms with Crippen LogP contribution in [0.1, 0.15) is 30.2 Å². The number of amides is 1. The van der Waals surface area contributed by atoms with Gasteiger partial charge in [0.2, 0.25) is 0 Å². The van der Waals surface area contributed by atoms with Crippen LogP contribution in [-0.4, -0.2) is 20.4 Å². The summed E-state index contributed by atoms with van der Waals surface area (Å²) >= 11 is 0. The van der Waals surface area contributed by atoms with Crippen molar-refractivity contribution < 1.29 is 4.79 Å². The van der Waals surface area contributed by atoms with E-state index in [1.165, 1.54) is 0 Å². The van der Waals surface area contributed by atoms with Gasteiger partial charge in [-0.2, -0.15) is 0 Å². The molecule has 6 heteroatoms. The fourth-order valence-corrected chi connectivity index (χ4v) is 2.23. The van der Waals surface area contributed by atoms with E-state index in [0.717, 1.165) is 16.7 Å². The van der Waals surface area contributed by atoms with Gasteiger partial charge in [-0.3, -0.25) is 9.78 Å². The van der Waals surface area contributed by atoms with Crippen LogP contribution in [0.4, 0.5) is 5.69 Å². The van der Waals surface area contributed by atoms with Crippen LogP contribution >= 0.6 is 12.4 Å². The maximum absolute atomic E-state index is 12.1. The van der Waals surface area contributed by atoms with Crippen molar-refractivity contribution in [3.63, 3.8) is 0 Å². The normalized spacial score (nSPS) is 10.5. The zero-order chi connectivity index (χ0) is 14.8. The molecule has 1 N–H and O–H groups in total. The number of hydrogen-bond acceptors (Lipinski definition) is 3. The summed E-state index contributed by atoms with van der Waals surface area (Å²) in [6.45, 7) is 4.22. The first-order valence-electron chi connectivity index (χ1n) is 6.83. The lowest BCUT2D eigenvalue weighted by molar-refractivity contribution is 0.102. The van der Waals surface area contributed by atoms with Crippen LogP contribution in [-0.2, 0) is 0 Å². The van der Waals surface area contributed by atoms with Crippen molar-refractivity contribution in [2.24, 2.45) is 0 Å². The molecule has 5 nitrogen and oxygen atoms in total. The molecule has 0 radical (unpaired) electrons. The van der Waals surface area contributed by atoms with Crippen molar-refractivity contribution in [3.05, 3.63) is 54.6 Å². The molecule has 0 fully saturated rings. The van der Waals surface area contributed by atoms with Crippen molar-refractivity contribution in [2.45, 2.75) is 19.9 Å². The number of rotatable bonds is 3.